The van der Waals surface area contributed by atoms with Crippen LogP contribution in [-0.2, 0) is 11.3 Å². The maximum atomic E-state index is 12.4. The van der Waals surface area contributed by atoms with Gasteiger partial charge >= 0.3 is 0 Å². The summed E-state index contributed by atoms with van der Waals surface area (Å²) in [6, 6.07) is 1.95. The van der Waals surface area contributed by atoms with E-state index in [1.807, 2.05) is 17.9 Å². The van der Waals surface area contributed by atoms with E-state index in [9.17, 15) is 4.79 Å². The van der Waals surface area contributed by atoms with E-state index in [-0.39, 0.29) is 11.6 Å². The second-order valence-corrected chi connectivity index (χ2v) is 6.48. The van der Waals surface area contributed by atoms with Gasteiger partial charge in [0, 0.05) is 57.9 Å². The van der Waals surface area contributed by atoms with Crippen molar-refractivity contribution in [3.63, 3.8) is 0 Å². The molecule has 2 aliphatic heterocycles. The lowest BCUT2D eigenvalue weighted by atomic mass is 10.0. The summed E-state index contributed by atoms with van der Waals surface area (Å²) in [5.74, 6) is 3.67. The fraction of sp³-hybridized carbons (Fsp3) is 0.647. The molecule has 0 saturated carbocycles. The number of amides is 1. The maximum absolute atomic E-state index is 12.4. The zero-order chi connectivity index (χ0) is 17.0. The van der Waals surface area contributed by atoms with Gasteiger partial charge in [-0.05, 0) is 6.92 Å². The van der Waals surface area contributed by atoms with Crippen LogP contribution in [0.3, 0.4) is 0 Å². The maximum Gasteiger partial charge on any atom is 0.222 e. The number of aromatic nitrogens is 1. The van der Waals surface area contributed by atoms with Crippen molar-refractivity contribution >= 4 is 5.91 Å². The zero-order valence-corrected chi connectivity index (χ0v) is 14.1. The molecule has 1 saturated heterocycles. The van der Waals surface area contributed by atoms with Gasteiger partial charge in [0.2, 0.25) is 5.91 Å². The summed E-state index contributed by atoms with van der Waals surface area (Å²) >= 11 is 0. The van der Waals surface area contributed by atoms with E-state index in [1.165, 1.54) is 0 Å². The number of nitrogens with zero attached hydrogens (tertiary/aromatic N) is 5. The Hall–Kier alpha value is -2.20. The van der Waals surface area contributed by atoms with Gasteiger partial charge in [-0.25, -0.2) is 0 Å². The molecular formula is C17H23N5O2. The first-order valence-electron chi connectivity index (χ1n) is 8.40. The highest BCUT2D eigenvalue weighted by atomic mass is 16.5. The molecule has 24 heavy (non-hydrogen) atoms. The predicted octanol–water partition coefficient (Wildman–Crippen LogP) is 1.98. The molecule has 0 radical (unpaired) electrons. The number of piperazine rings is 1. The highest BCUT2D eigenvalue weighted by molar-refractivity contribution is 5.76. The summed E-state index contributed by atoms with van der Waals surface area (Å²) in [6.07, 6.45) is 7.84. The Labute approximate surface area is 142 Å². The number of hydrogen-bond acceptors (Lipinski definition) is 6. The number of hydrogen-bond donors (Lipinski definition) is 0. The molecule has 0 spiro atoms. The Kier molecular flexibility index (Phi) is 4.95. The predicted molar refractivity (Wildman–Crippen MR) is 88.0 cm³/mol. The molecule has 1 aromatic heterocycles. The SMILES string of the molecule is C#CCCC1(CCC(=O)N2CCN(Cc3cc(C)no3)CC2)N=N1. The number of carbonyl (C=O) groups is 1. The van der Waals surface area contributed by atoms with Crippen molar-refractivity contribution in [1.29, 1.82) is 0 Å². The van der Waals surface area contributed by atoms with Crippen LogP contribution in [-0.4, -0.2) is 52.7 Å². The summed E-state index contributed by atoms with van der Waals surface area (Å²) in [5.41, 5.74) is 0.530. The van der Waals surface area contributed by atoms with E-state index in [0.29, 0.717) is 19.3 Å². The number of terminal acetylenes is 1. The number of carbonyl (C=O) groups excluding carboxylic acids is 1. The van der Waals surface area contributed by atoms with Crippen LogP contribution in [0.2, 0.25) is 0 Å². The first-order chi connectivity index (χ1) is 11.6. The van der Waals surface area contributed by atoms with Crippen LogP contribution in [0.1, 0.15) is 37.1 Å². The van der Waals surface area contributed by atoms with E-state index < -0.39 is 0 Å². The van der Waals surface area contributed by atoms with Gasteiger partial charge in [-0.1, -0.05) is 5.16 Å². The van der Waals surface area contributed by atoms with E-state index in [4.69, 9.17) is 10.9 Å². The normalized spacial score (nSPS) is 19.2. The molecule has 128 valence electrons. The molecule has 0 bridgehead atoms. The monoisotopic (exact) mass is 329 g/mol. The van der Waals surface area contributed by atoms with Crippen molar-refractivity contribution < 1.29 is 9.32 Å². The second kappa shape index (κ2) is 7.14. The average molecular weight is 329 g/mol. The highest BCUT2D eigenvalue weighted by Gasteiger charge is 2.39. The topological polar surface area (TPSA) is 74.3 Å². The molecule has 0 unspecified atom stereocenters. The molecule has 3 rings (SSSR count). The molecule has 1 amide bonds. The lowest BCUT2D eigenvalue weighted by molar-refractivity contribution is -0.133. The molecule has 0 aliphatic carbocycles. The summed E-state index contributed by atoms with van der Waals surface area (Å²) in [6.45, 7) is 5.86. The Bertz CT molecular complexity index is 646. The quantitative estimate of drug-likeness (QED) is 0.717. The first kappa shape index (κ1) is 16.7. The van der Waals surface area contributed by atoms with E-state index >= 15 is 0 Å². The molecular weight excluding hydrogens is 306 g/mol. The van der Waals surface area contributed by atoms with Gasteiger partial charge in [0.25, 0.3) is 0 Å². The van der Waals surface area contributed by atoms with Gasteiger partial charge < -0.3 is 9.42 Å². The fourth-order valence-electron chi connectivity index (χ4n) is 3.00. The van der Waals surface area contributed by atoms with Crippen molar-refractivity contribution in [3.8, 4) is 12.3 Å². The summed E-state index contributed by atoms with van der Waals surface area (Å²) in [5, 5.41) is 12.1. The number of rotatable bonds is 7. The van der Waals surface area contributed by atoms with Crippen LogP contribution in [0, 0.1) is 19.3 Å². The van der Waals surface area contributed by atoms with E-state index in [0.717, 1.165) is 50.6 Å². The van der Waals surface area contributed by atoms with Crippen molar-refractivity contribution in [2.45, 2.75) is 44.8 Å². The Morgan fingerprint density at radius 2 is 2.08 bits per heavy atom. The van der Waals surface area contributed by atoms with E-state index in [2.05, 4.69) is 26.2 Å². The minimum atomic E-state index is -0.367. The Morgan fingerprint density at radius 3 is 2.67 bits per heavy atom. The van der Waals surface area contributed by atoms with Gasteiger partial charge in [-0.2, -0.15) is 10.2 Å². The Morgan fingerprint density at radius 1 is 1.33 bits per heavy atom. The lowest BCUT2D eigenvalue weighted by Crippen LogP contribution is -2.48. The highest BCUT2D eigenvalue weighted by Crippen LogP contribution is 2.37. The molecule has 0 N–H and O–H groups in total. The van der Waals surface area contributed by atoms with Crippen LogP contribution in [0.15, 0.2) is 20.8 Å². The van der Waals surface area contributed by atoms with Crippen molar-refractivity contribution in [2.75, 3.05) is 26.2 Å². The third-order valence-corrected chi connectivity index (χ3v) is 4.57. The fourth-order valence-corrected chi connectivity index (χ4v) is 3.00. The molecule has 1 fully saturated rings. The summed E-state index contributed by atoms with van der Waals surface area (Å²) < 4.78 is 5.25. The average Bonchev–Trinajstić information content (AvgIpc) is 3.26. The molecule has 7 nitrogen and oxygen atoms in total. The van der Waals surface area contributed by atoms with Gasteiger partial charge in [-0.15, -0.1) is 12.3 Å². The van der Waals surface area contributed by atoms with Crippen molar-refractivity contribution in [1.82, 2.24) is 15.0 Å². The third-order valence-electron chi connectivity index (χ3n) is 4.57. The Balaban J connectivity index is 1.38. The van der Waals surface area contributed by atoms with Gasteiger partial charge in [0.1, 0.15) is 0 Å². The molecule has 7 heteroatoms. The zero-order valence-electron chi connectivity index (χ0n) is 14.1. The summed E-state index contributed by atoms with van der Waals surface area (Å²) in [4.78, 5) is 16.6. The molecule has 2 aliphatic rings. The first-order valence-corrected chi connectivity index (χ1v) is 8.40. The van der Waals surface area contributed by atoms with Crippen LogP contribution >= 0.6 is 0 Å². The molecule has 1 aromatic rings. The minimum absolute atomic E-state index is 0.183. The second-order valence-electron chi connectivity index (χ2n) is 6.48. The van der Waals surface area contributed by atoms with Gasteiger partial charge in [0.15, 0.2) is 11.4 Å². The molecule has 3 heterocycles. The van der Waals surface area contributed by atoms with Crippen LogP contribution in [0.25, 0.3) is 0 Å². The molecule has 0 atom stereocenters. The van der Waals surface area contributed by atoms with Crippen LogP contribution in [0.5, 0.6) is 0 Å². The number of aryl methyl sites for hydroxylation is 1. The van der Waals surface area contributed by atoms with Gasteiger partial charge in [-0.3, -0.25) is 9.69 Å². The third kappa shape index (κ3) is 4.20. The minimum Gasteiger partial charge on any atom is -0.360 e. The lowest BCUT2D eigenvalue weighted by Gasteiger charge is -2.34. The largest absolute Gasteiger partial charge is 0.360 e. The van der Waals surface area contributed by atoms with Crippen LogP contribution < -0.4 is 0 Å². The summed E-state index contributed by atoms with van der Waals surface area (Å²) in [7, 11) is 0. The van der Waals surface area contributed by atoms with E-state index in [1.54, 1.807) is 0 Å². The van der Waals surface area contributed by atoms with Crippen molar-refractivity contribution in [2.24, 2.45) is 10.2 Å². The van der Waals surface area contributed by atoms with Gasteiger partial charge in [0.05, 0.1) is 12.2 Å². The standard InChI is InChI=1S/C17H23N5O2/c1-3-4-6-17(19-20-17)7-5-16(23)22-10-8-21(9-11-22)13-15-12-14(2)18-24-15/h1,12H,4-11,13H2,2H3. The van der Waals surface area contributed by atoms with Crippen molar-refractivity contribution in [3.05, 3.63) is 17.5 Å². The smallest absolute Gasteiger partial charge is 0.222 e. The van der Waals surface area contributed by atoms with Crippen LogP contribution in [0.4, 0.5) is 0 Å². The molecule has 0 aromatic carbocycles.